The van der Waals surface area contributed by atoms with Gasteiger partial charge in [0.25, 0.3) is 0 Å². The lowest BCUT2D eigenvalue weighted by molar-refractivity contribution is 0.590. The molecule has 26 heavy (non-hydrogen) atoms. The standard InChI is InChI=1S/C24H31NS/c1-16(12-21-13-18(3)23(25)14-17(21)2)15-26-19(4)20-8-10-22(11-9-20)24(5,6)7/h8-11,13-15H,4,12,25H2,1-3,5-7H3/b16-15+. The van der Waals surface area contributed by atoms with Gasteiger partial charge in [0.2, 0.25) is 0 Å². The van der Waals surface area contributed by atoms with Crippen molar-refractivity contribution in [2.24, 2.45) is 0 Å². The number of hydrogen-bond acceptors (Lipinski definition) is 2. The number of anilines is 1. The monoisotopic (exact) mass is 365 g/mol. The van der Waals surface area contributed by atoms with Crippen LogP contribution in [0.25, 0.3) is 4.91 Å². The van der Waals surface area contributed by atoms with Gasteiger partial charge in [-0.15, -0.1) is 0 Å². The number of nitrogen functional groups attached to an aromatic ring is 1. The van der Waals surface area contributed by atoms with E-state index in [1.807, 2.05) is 0 Å². The molecular weight excluding hydrogens is 334 g/mol. The Bertz CT molecular complexity index is 821. The van der Waals surface area contributed by atoms with Crippen molar-refractivity contribution in [2.75, 3.05) is 5.73 Å². The van der Waals surface area contributed by atoms with Crippen LogP contribution in [0.2, 0.25) is 0 Å². The average molecular weight is 366 g/mol. The molecular formula is C24H31NS. The number of hydrogen-bond donors (Lipinski definition) is 1. The van der Waals surface area contributed by atoms with Crippen LogP contribution >= 0.6 is 11.8 Å². The van der Waals surface area contributed by atoms with Crippen LogP contribution in [0.4, 0.5) is 5.69 Å². The maximum atomic E-state index is 5.99. The van der Waals surface area contributed by atoms with E-state index in [9.17, 15) is 0 Å². The molecule has 2 N–H and O–H groups in total. The Morgan fingerprint density at radius 2 is 1.69 bits per heavy atom. The molecule has 0 fully saturated rings. The molecule has 2 rings (SSSR count). The summed E-state index contributed by atoms with van der Waals surface area (Å²) in [4.78, 5) is 1.08. The van der Waals surface area contributed by atoms with Crippen molar-refractivity contribution in [2.45, 2.75) is 53.4 Å². The number of allylic oxidation sites excluding steroid dienone is 1. The van der Waals surface area contributed by atoms with Crippen molar-refractivity contribution >= 4 is 22.4 Å². The fourth-order valence-corrected chi connectivity index (χ4v) is 3.53. The Balaban J connectivity index is 2.04. The van der Waals surface area contributed by atoms with Crippen LogP contribution in [0.3, 0.4) is 0 Å². The quantitative estimate of drug-likeness (QED) is 0.575. The maximum absolute atomic E-state index is 5.99. The summed E-state index contributed by atoms with van der Waals surface area (Å²) in [6, 6.07) is 13.0. The molecule has 0 aliphatic carbocycles. The lowest BCUT2D eigenvalue weighted by Gasteiger charge is -2.19. The van der Waals surface area contributed by atoms with Gasteiger partial charge in [-0.3, -0.25) is 0 Å². The lowest BCUT2D eigenvalue weighted by atomic mass is 9.87. The van der Waals surface area contributed by atoms with Gasteiger partial charge in [0.1, 0.15) is 0 Å². The number of thioether (sulfide) groups is 1. The number of aryl methyl sites for hydroxylation is 2. The largest absolute Gasteiger partial charge is 0.399 e. The minimum atomic E-state index is 0.179. The van der Waals surface area contributed by atoms with E-state index < -0.39 is 0 Å². The first-order valence-electron chi connectivity index (χ1n) is 9.05. The van der Waals surface area contributed by atoms with Gasteiger partial charge < -0.3 is 5.73 Å². The molecule has 2 aromatic carbocycles. The van der Waals surface area contributed by atoms with E-state index >= 15 is 0 Å². The van der Waals surface area contributed by atoms with Gasteiger partial charge >= 0.3 is 0 Å². The Hall–Kier alpha value is -1.93. The molecule has 1 nitrogen and oxygen atoms in total. The average Bonchev–Trinajstić information content (AvgIpc) is 2.57. The summed E-state index contributed by atoms with van der Waals surface area (Å²) in [5, 5.41) is 2.21. The van der Waals surface area contributed by atoms with Gasteiger partial charge in [0.15, 0.2) is 0 Å². The van der Waals surface area contributed by atoms with E-state index in [1.54, 1.807) is 11.8 Å². The first-order valence-corrected chi connectivity index (χ1v) is 9.93. The van der Waals surface area contributed by atoms with Crippen LogP contribution in [-0.2, 0) is 11.8 Å². The van der Waals surface area contributed by atoms with E-state index in [2.05, 4.69) is 89.9 Å². The van der Waals surface area contributed by atoms with Crippen molar-refractivity contribution in [3.8, 4) is 0 Å². The maximum Gasteiger partial charge on any atom is 0.0346 e. The highest BCUT2D eigenvalue weighted by Gasteiger charge is 2.13. The van der Waals surface area contributed by atoms with Gasteiger partial charge in [-0.05, 0) is 71.9 Å². The SMILES string of the molecule is C=C(S/C=C(\C)Cc1cc(C)c(N)cc1C)c1ccc(C(C)(C)C)cc1. The summed E-state index contributed by atoms with van der Waals surface area (Å²) >= 11 is 1.70. The van der Waals surface area contributed by atoms with Gasteiger partial charge in [-0.25, -0.2) is 0 Å². The molecule has 2 aromatic rings. The molecule has 0 radical (unpaired) electrons. The van der Waals surface area contributed by atoms with Crippen molar-refractivity contribution in [1.82, 2.24) is 0 Å². The molecule has 0 atom stereocenters. The van der Waals surface area contributed by atoms with Crippen LogP contribution in [0.15, 0.2) is 54.0 Å². The smallest absolute Gasteiger partial charge is 0.0346 e. The van der Waals surface area contributed by atoms with Crippen LogP contribution < -0.4 is 5.73 Å². The topological polar surface area (TPSA) is 26.0 Å². The zero-order valence-corrected chi connectivity index (χ0v) is 17.8. The third-order valence-corrected chi connectivity index (χ3v) is 5.71. The first kappa shape index (κ1) is 20.4. The fraction of sp³-hybridized carbons (Fsp3) is 0.333. The summed E-state index contributed by atoms with van der Waals surface area (Å²) < 4.78 is 0. The van der Waals surface area contributed by atoms with E-state index in [0.717, 1.165) is 22.6 Å². The second-order valence-electron chi connectivity index (χ2n) is 8.14. The Kier molecular flexibility index (Phi) is 6.41. The zero-order chi connectivity index (χ0) is 19.5. The highest BCUT2D eigenvalue weighted by Crippen LogP contribution is 2.31. The van der Waals surface area contributed by atoms with E-state index in [0.29, 0.717) is 0 Å². The van der Waals surface area contributed by atoms with Gasteiger partial charge in [0, 0.05) is 10.6 Å². The summed E-state index contributed by atoms with van der Waals surface area (Å²) in [6.45, 7) is 17.3. The zero-order valence-electron chi connectivity index (χ0n) is 16.9. The number of nitrogens with two attached hydrogens (primary N) is 1. The highest BCUT2D eigenvalue weighted by molar-refractivity contribution is 8.10. The lowest BCUT2D eigenvalue weighted by Crippen LogP contribution is -2.10. The Morgan fingerprint density at radius 3 is 2.27 bits per heavy atom. The van der Waals surface area contributed by atoms with E-state index in [4.69, 9.17) is 5.73 Å². The molecule has 2 heteroatoms. The van der Waals surface area contributed by atoms with Crippen LogP contribution in [0.1, 0.15) is 55.5 Å². The summed E-state index contributed by atoms with van der Waals surface area (Å²) in [6.07, 6.45) is 0.941. The molecule has 0 amide bonds. The minimum Gasteiger partial charge on any atom is -0.399 e. The third-order valence-electron chi connectivity index (χ3n) is 4.67. The molecule has 0 aliphatic heterocycles. The molecule has 0 aromatic heterocycles. The summed E-state index contributed by atoms with van der Waals surface area (Å²) in [5.41, 5.74) is 14.6. The number of rotatable bonds is 5. The second-order valence-corrected chi connectivity index (χ2v) is 9.11. The van der Waals surface area contributed by atoms with Gasteiger partial charge in [0.05, 0.1) is 0 Å². The molecule has 0 aliphatic rings. The second kappa shape index (κ2) is 8.18. The molecule has 0 heterocycles. The minimum absolute atomic E-state index is 0.179. The van der Waals surface area contributed by atoms with Crippen LogP contribution in [0.5, 0.6) is 0 Å². The van der Waals surface area contributed by atoms with Crippen LogP contribution in [-0.4, -0.2) is 0 Å². The van der Waals surface area contributed by atoms with E-state index in [1.165, 1.54) is 27.8 Å². The predicted octanol–water partition coefficient (Wildman–Crippen LogP) is 7.03. The number of benzene rings is 2. The molecule has 0 bridgehead atoms. The normalized spacial score (nSPS) is 12.3. The van der Waals surface area contributed by atoms with E-state index in [-0.39, 0.29) is 5.41 Å². The van der Waals surface area contributed by atoms with Crippen molar-refractivity contribution in [1.29, 1.82) is 0 Å². The van der Waals surface area contributed by atoms with Gasteiger partial charge in [-0.1, -0.05) is 75.0 Å². The van der Waals surface area contributed by atoms with Crippen LogP contribution in [0, 0.1) is 13.8 Å². The molecule has 0 saturated carbocycles. The van der Waals surface area contributed by atoms with Crippen molar-refractivity contribution in [3.05, 3.63) is 81.8 Å². The van der Waals surface area contributed by atoms with Gasteiger partial charge in [-0.2, -0.15) is 0 Å². The predicted molar refractivity (Wildman–Crippen MR) is 120 cm³/mol. The molecule has 0 saturated heterocycles. The molecule has 138 valence electrons. The van der Waals surface area contributed by atoms with Crippen molar-refractivity contribution < 1.29 is 0 Å². The molecule has 0 unspecified atom stereocenters. The fourth-order valence-electron chi connectivity index (χ4n) is 2.83. The van der Waals surface area contributed by atoms with Crippen molar-refractivity contribution in [3.63, 3.8) is 0 Å². The highest BCUT2D eigenvalue weighted by atomic mass is 32.2. The Morgan fingerprint density at radius 1 is 1.08 bits per heavy atom. The third kappa shape index (κ3) is 5.28. The summed E-state index contributed by atoms with van der Waals surface area (Å²) in [5.74, 6) is 0. The molecule has 0 spiro atoms. The summed E-state index contributed by atoms with van der Waals surface area (Å²) in [7, 11) is 0. The first-order chi connectivity index (χ1) is 12.1. The Labute approximate surface area is 163 Å².